The molecule has 0 aliphatic carbocycles. The molecule has 0 radical (unpaired) electrons. The Morgan fingerprint density at radius 2 is 2.08 bits per heavy atom. The maximum Gasteiger partial charge on any atom is 0.237 e. The van der Waals surface area contributed by atoms with E-state index >= 15 is 0 Å². The van der Waals surface area contributed by atoms with E-state index in [0.29, 0.717) is 17.3 Å². The van der Waals surface area contributed by atoms with Crippen molar-refractivity contribution in [2.45, 2.75) is 30.2 Å². The topological polar surface area (TPSA) is 59.8 Å². The number of rotatable bonds is 7. The van der Waals surface area contributed by atoms with Crippen LogP contribution in [0.15, 0.2) is 46.9 Å². The lowest BCUT2D eigenvalue weighted by molar-refractivity contribution is -0.115. The number of hydrogen-bond donors (Lipinski definition) is 1. The molecule has 0 saturated heterocycles. The first-order chi connectivity index (χ1) is 12.6. The first-order valence-corrected chi connectivity index (χ1v) is 9.96. The Morgan fingerprint density at radius 3 is 2.73 bits per heavy atom. The minimum Gasteiger partial charge on any atom is -0.325 e. The zero-order valence-electron chi connectivity index (χ0n) is 14.5. The molecule has 2 aromatic heterocycles. The van der Waals surface area contributed by atoms with Gasteiger partial charge in [-0.3, -0.25) is 4.79 Å². The number of halogens is 1. The third-order valence-corrected chi connectivity index (χ3v) is 6.13. The van der Waals surface area contributed by atoms with E-state index in [0.717, 1.165) is 12.2 Å². The molecule has 3 aromatic rings. The molecule has 0 saturated carbocycles. The molecule has 0 bridgehead atoms. The first-order valence-electron chi connectivity index (χ1n) is 8.20. The molecule has 0 spiro atoms. The number of nitrogens with zero attached hydrogens (tertiary/aromatic N) is 3. The van der Waals surface area contributed by atoms with E-state index in [1.54, 1.807) is 23.5 Å². The molecule has 3 rings (SSSR count). The molecule has 26 heavy (non-hydrogen) atoms. The van der Waals surface area contributed by atoms with Crippen LogP contribution in [-0.4, -0.2) is 25.9 Å². The van der Waals surface area contributed by atoms with Crippen LogP contribution in [0, 0.1) is 5.82 Å². The Bertz CT molecular complexity index is 862. The van der Waals surface area contributed by atoms with Crippen LogP contribution in [0.1, 0.15) is 24.0 Å². The molecule has 1 N–H and O–H groups in total. The number of amides is 1. The predicted molar refractivity (Wildman–Crippen MR) is 103 cm³/mol. The fourth-order valence-corrected chi connectivity index (χ4v) is 4.02. The van der Waals surface area contributed by atoms with E-state index in [1.807, 2.05) is 30.0 Å². The van der Waals surface area contributed by atoms with Gasteiger partial charge in [0.1, 0.15) is 11.6 Å². The van der Waals surface area contributed by atoms with E-state index in [-0.39, 0.29) is 17.0 Å². The highest BCUT2D eigenvalue weighted by molar-refractivity contribution is 8.00. The number of anilines is 1. The van der Waals surface area contributed by atoms with Gasteiger partial charge < -0.3 is 9.88 Å². The highest BCUT2D eigenvalue weighted by Gasteiger charge is 2.22. The fourth-order valence-electron chi connectivity index (χ4n) is 2.38. The molecule has 1 atom stereocenters. The monoisotopic (exact) mass is 390 g/mol. The van der Waals surface area contributed by atoms with Crippen LogP contribution in [0.2, 0.25) is 0 Å². The lowest BCUT2D eigenvalue weighted by Gasteiger charge is -2.14. The highest BCUT2D eigenvalue weighted by Crippen LogP contribution is 2.26. The van der Waals surface area contributed by atoms with Crippen LogP contribution in [0.4, 0.5) is 10.1 Å². The van der Waals surface area contributed by atoms with Gasteiger partial charge in [0.2, 0.25) is 5.91 Å². The second-order valence-corrected chi connectivity index (χ2v) is 7.93. The van der Waals surface area contributed by atoms with Gasteiger partial charge in [-0.2, -0.15) is 0 Å². The van der Waals surface area contributed by atoms with Crippen LogP contribution in [-0.2, 0) is 18.3 Å². The molecule has 8 heteroatoms. The fraction of sp³-hybridized carbons (Fsp3) is 0.278. The molecule has 0 fully saturated rings. The van der Waals surface area contributed by atoms with Crippen molar-refractivity contribution in [3.8, 4) is 0 Å². The maximum atomic E-state index is 13.0. The summed E-state index contributed by atoms with van der Waals surface area (Å²) in [6.07, 6.45) is 1.37. The SMILES string of the molecule is CCC(Sc1nnc(Cc2cccs2)n1C)C(=O)Nc1ccc(F)cc1. The van der Waals surface area contributed by atoms with Crippen molar-refractivity contribution < 1.29 is 9.18 Å². The standard InChI is InChI=1S/C18H19FN4OS2/c1-3-15(17(24)20-13-8-6-12(19)7-9-13)26-18-22-21-16(23(18)2)11-14-5-4-10-25-14/h4-10,15H,3,11H2,1-2H3,(H,20,24). The Labute approximate surface area is 159 Å². The molecule has 2 heterocycles. The van der Waals surface area contributed by atoms with Gasteiger partial charge in [-0.25, -0.2) is 4.39 Å². The number of carbonyl (C=O) groups is 1. The van der Waals surface area contributed by atoms with Gasteiger partial charge in [-0.1, -0.05) is 24.8 Å². The van der Waals surface area contributed by atoms with Crippen LogP contribution in [0.3, 0.4) is 0 Å². The number of benzene rings is 1. The molecular weight excluding hydrogens is 371 g/mol. The molecule has 5 nitrogen and oxygen atoms in total. The van der Waals surface area contributed by atoms with Gasteiger partial charge in [-0.05, 0) is 42.1 Å². The molecular formula is C18H19FN4OS2. The third-order valence-electron chi connectivity index (χ3n) is 3.86. The Hall–Kier alpha value is -2.19. The normalized spacial score (nSPS) is 12.1. The zero-order chi connectivity index (χ0) is 18.5. The van der Waals surface area contributed by atoms with Crippen LogP contribution < -0.4 is 5.32 Å². The summed E-state index contributed by atoms with van der Waals surface area (Å²) in [6.45, 7) is 1.95. The number of hydrogen-bond acceptors (Lipinski definition) is 5. The van der Waals surface area contributed by atoms with Crippen molar-refractivity contribution in [1.29, 1.82) is 0 Å². The minimum absolute atomic E-state index is 0.132. The van der Waals surface area contributed by atoms with E-state index < -0.39 is 0 Å². The molecule has 1 aromatic carbocycles. The maximum absolute atomic E-state index is 13.0. The Morgan fingerprint density at radius 1 is 1.31 bits per heavy atom. The largest absolute Gasteiger partial charge is 0.325 e. The van der Waals surface area contributed by atoms with Crippen LogP contribution in [0.25, 0.3) is 0 Å². The van der Waals surface area contributed by atoms with Crippen molar-refractivity contribution in [2.24, 2.45) is 7.05 Å². The van der Waals surface area contributed by atoms with E-state index in [2.05, 4.69) is 21.6 Å². The summed E-state index contributed by atoms with van der Waals surface area (Å²) in [4.78, 5) is 13.7. The number of thiophene rings is 1. The number of aromatic nitrogens is 3. The molecule has 1 unspecified atom stereocenters. The minimum atomic E-state index is -0.332. The van der Waals surface area contributed by atoms with Crippen molar-refractivity contribution in [3.63, 3.8) is 0 Å². The van der Waals surface area contributed by atoms with E-state index in [4.69, 9.17) is 0 Å². The van der Waals surface area contributed by atoms with Crippen molar-refractivity contribution >= 4 is 34.7 Å². The molecule has 0 aliphatic rings. The van der Waals surface area contributed by atoms with Gasteiger partial charge in [0, 0.05) is 24.0 Å². The van der Waals surface area contributed by atoms with Gasteiger partial charge in [0.25, 0.3) is 0 Å². The quantitative estimate of drug-likeness (QED) is 0.617. The predicted octanol–water partition coefficient (Wildman–Crippen LogP) is 4.12. The summed E-state index contributed by atoms with van der Waals surface area (Å²) >= 11 is 3.07. The summed E-state index contributed by atoms with van der Waals surface area (Å²) in [5.41, 5.74) is 0.576. The molecule has 136 valence electrons. The first kappa shape index (κ1) is 18.6. The second-order valence-electron chi connectivity index (χ2n) is 5.72. The molecule has 1 amide bonds. The van der Waals surface area contributed by atoms with E-state index in [9.17, 15) is 9.18 Å². The van der Waals surface area contributed by atoms with Gasteiger partial charge in [0.15, 0.2) is 5.16 Å². The Balaban J connectivity index is 1.66. The van der Waals surface area contributed by atoms with Gasteiger partial charge >= 0.3 is 0 Å². The lowest BCUT2D eigenvalue weighted by atomic mass is 10.2. The highest BCUT2D eigenvalue weighted by atomic mass is 32.2. The number of carbonyl (C=O) groups excluding carboxylic acids is 1. The smallest absolute Gasteiger partial charge is 0.237 e. The number of nitrogens with one attached hydrogen (secondary N) is 1. The van der Waals surface area contributed by atoms with Crippen molar-refractivity contribution in [2.75, 3.05) is 5.32 Å². The van der Waals surface area contributed by atoms with Crippen molar-refractivity contribution in [1.82, 2.24) is 14.8 Å². The van der Waals surface area contributed by atoms with Gasteiger partial charge in [0.05, 0.1) is 5.25 Å². The van der Waals surface area contributed by atoms with Crippen molar-refractivity contribution in [3.05, 3.63) is 58.3 Å². The summed E-state index contributed by atoms with van der Waals surface area (Å²) in [6, 6.07) is 9.82. The summed E-state index contributed by atoms with van der Waals surface area (Å²) in [5, 5.41) is 13.7. The summed E-state index contributed by atoms with van der Waals surface area (Å²) in [5.74, 6) is 0.400. The zero-order valence-corrected chi connectivity index (χ0v) is 16.1. The van der Waals surface area contributed by atoms with Gasteiger partial charge in [-0.15, -0.1) is 21.5 Å². The average molecular weight is 391 g/mol. The average Bonchev–Trinajstić information content (AvgIpc) is 3.26. The van der Waals surface area contributed by atoms with Crippen LogP contribution in [0.5, 0.6) is 0 Å². The van der Waals surface area contributed by atoms with E-state index in [1.165, 1.54) is 28.8 Å². The second kappa shape index (κ2) is 8.46. The Kier molecular flexibility index (Phi) is 6.05. The third kappa shape index (κ3) is 4.50. The summed E-state index contributed by atoms with van der Waals surface area (Å²) < 4.78 is 14.9. The van der Waals surface area contributed by atoms with Crippen LogP contribution >= 0.6 is 23.1 Å². The number of thioether (sulfide) groups is 1. The summed E-state index contributed by atoms with van der Waals surface area (Å²) in [7, 11) is 1.91. The lowest BCUT2D eigenvalue weighted by Crippen LogP contribution is -2.25. The molecule has 0 aliphatic heterocycles.